The predicted octanol–water partition coefficient (Wildman–Crippen LogP) is 1.56. The van der Waals surface area contributed by atoms with E-state index in [0.29, 0.717) is 24.4 Å². The Labute approximate surface area is 80.0 Å². The molecule has 0 bridgehead atoms. The van der Waals surface area contributed by atoms with Crippen molar-refractivity contribution in [1.29, 1.82) is 0 Å². The highest BCUT2D eigenvalue weighted by Gasteiger charge is 2.39. The third kappa shape index (κ3) is 1.75. The normalized spacial score (nSPS) is 45.7. The largest absolute Gasteiger partial charge is 0.396 e. The Balaban J connectivity index is 2.05. The van der Waals surface area contributed by atoms with Crippen molar-refractivity contribution >= 4 is 0 Å². The minimum absolute atomic E-state index is 0.0758. The van der Waals surface area contributed by atoms with Gasteiger partial charge in [-0.25, -0.2) is 0 Å². The molecule has 0 radical (unpaired) electrons. The lowest BCUT2D eigenvalue weighted by Crippen LogP contribution is -2.41. The zero-order valence-electron chi connectivity index (χ0n) is 8.15. The van der Waals surface area contributed by atoms with Gasteiger partial charge >= 0.3 is 0 Å². The first-order chi connectivity index (χ1) is 6.33. The molecule has 0 spiro atoms. The van der Waals surface area contributed by atoms with Crippen molar-refractivity contribution in [1.82, 2.24) is 0 Å². The maximum absolute atomic E-state index is 9.84. The van der Waals surface area contributed by atoms with E-state index in [-0.39, 0.29) is 6.10 Å². The molecule has 0 aromatic carbocycles. The van der Waals surface area contributed by atoms with Gasteiger partial charge in [-0.3, -0.25) is 0 Å². The maximum atomic E-state index is 9.84. The molecule has 2 rings (SSSR count). The van der Waals surface area contributed by atoms with E-state index in [1.54, 1.807) is 0 Å². The third-order valence-electron chi connectivity index (χ3n) is 4.04. The Morgan fingerprint density at radius 3 is 2.31 bits per heavy atom. The molecule has 0 saturated heterocycles. The zero-order chi connectivity index (χ0) is 9.26. The van der Waals surface area contributed by atoms with Gasteiger partial charge < -0.3 is 10.2 Å². The highest BCUT2D eigenvalue weighted by atomic mass is 16.3. The van der Waals surface area contributed by atoms with Gasteiger partial charge in [-0.2, -0.15) is 0 Å². The smallest absolute Gasteiger partial charge is 0.0571 e. The summed E-state index contributed by atoms with van der Waals surface area (Å²) in [5, 5.41) is 19.1. The van der Waals surface area contributed by atoms with Gasteiger partial charge in [0.1, 0.15) is 0 Å². The average Bonchev–Trinajstić information content (AvgIpc) is 2.19. The summed E-state index contributed by atoms with van der Waals surface area (Å²) in [6, 6.07) is 0. The van der Waals surface area contributed by atoms with Crippen LogP contribution < -0.4 is 0 Å². The standard InChI is InChI=1S/C11H20O2/c12-7-8-5-6-11(13)10-4-2-1-3-9(8)10/h8-13H,1-7H2. The summed E-state index contributed by atoms with van der Waals surface area (Å²) in [6.07, 6.45) is 6.84. The molecule has 2 heteroatoms. The number of hydrogen-bond donors (Lipinski definition) is 2. The summed E-state index contributed by atoms with van der Waals surface area (Å²) in [7, 11) is 0. The molecule has 0 aliphatic heterocycles. The van der Waals surface area contributed by atoms with Crippen LogP contribution in [0.4, 0.5) is 0 Å². The number of aliphatic hydroxyl groups is 2. The quantitative estimate of drug-likeness (QED) is 0.649. The van der Waals surface area contributed by atoms with Crippen molar-refractivity contribution in [3.05, 3.63) is 0 Å². The van der Waals surface area contributed by atoms with Crippen molar-refractivity contribution in [2.45, 2.75) is 44.6 Å². The van der Waals surface area contributed by atoms with Crippen molar-refractivity contribution in [3.8, 4) is 0 Å². The highest BCUT2D eigenvalue weighted by Crippen LogP contribution is 2.43. The van der Waals surface area contributed by atoms with Gasteiger partial charge in [-0.1, -0.05) is 12.8 Å². The molecule has 2 aliphatic rings. The fourth-order valence-corrected chi connectivity index (χ4v) is 3.29. The molecule has 76 valence electrons. The van der Waals surface area contributed by atoms with Crippen LogP contribution in [0, 0.1) is 17.8 Å². The van der Waals surface area contributed by atoms with Crippen LogP contribution in [-0.4, -0.2) is 22.9 Å². The lowest BCUT2D eigenvalue weighted by Gasteiger charge is -2.43. The van der Waals surface area contributed by atoms with Crippen LogP contribution in [0.15, 0.2) is 0 Å². The number of fused-ring (bicyclic) bond motifs is 1. The Hall–Kier alpha value is -0.0800. The molecule has 0 amide bonds. The van der Waals surface area contributed by atoms with E-state index in [4.69, 9.17) is 0 Å². The summed E-state index contributed by atoms with van der Waals surface area (Å²) in [5.74, 6) is 1.59. The fraction of sp³-hybridized carbons (Fsp3) is 1.00. The molecule has 2 saturated carbocycles. The second kappa shape index (κ2) is 3.97. The SMILES string of the molecule is OCC1CCC(O)C2CCCCC12. The fourth-order valence-electron chi connectivity index (χ4n) is 3.29. The molecular weight excluding hydrogens is 164 g/mol. The van der Waals surface area contributed by atoms with E-state index >= 15 is 0 Å². The molecule has 0 aromatic heterocycles. The summed E-state index contributed by atoms with van der Waals surface area (Å²) >= 11 is 0. The minimum Gasteiger partial charge on any atom is -0.396 e. The molecule has 2 fully saturated rings. The van der Waals surface area contributed by atoms with E-state index in [2.05, 4.69) is 0 Å². The molecule has 2 aliphatic carbocycles. The second-order valence-corrected chi connectivity index (χ2v) is 4.70. The van der Waals surface area contributed by atoms with E-state index in [9.17, 15) is 10.2 Å². The molecule has 0 aromatic rings. The first kappa shape index (κ1) is 9.47. The van der Waals surface area contributed by atoms with Crippen LogP contribution >= 0.6 is 0 Å². The highest BCUT2D eigenvalue weighted by molar-refractivity contribution is 4.89. The van der Waals surface area contributed by atoms with Crippen molar-refractivity contribution in [3.63, 3.8) is 0 Å². The van der Waals surface area contributed by atoms with Gasteiger partial charge in [0.25, 0.3) is 0 Å². The van der Waals surface area contributed by atoms with Gasteiger partial charge in [-0.05, 0) is 43.4 Å². The molecule has 13 heavy (non-hydrogen) atoms. The van der Waals surface area contributed by atoms with Gasteiger partial charge in [0.05, 0.1) is 6.10 Å². The van der Waals surface area contributed by atoms with Crippen molar-refractivity contribution in [2.24, 2.45) is 17.8 Å². The average molecular weight is 184 g/mol. The zero-order valence-corrected chi connectivity index (χ0v) is 8.15. The third-order valence-corrected chi connectivity index (χ3v) is 4.04. The van der Waals surface area contributed by atoms with Gasteiger partial charge in [0.2, 0.25) is 0 Å². The van der Waals surface area contributed by atoms with Crippen LogP contribution in [0.25, 0.3) is 0 Å². The van der Waals surface area contributed by atoms with Gasteiger partial charge in [0, 0.05) is 6.61 Å². The van der Waals surface area contributed by atoms with E-state index in [0.717, 1.165) is 12.8 Å². The van der Waals surface area contributed by atoms with Crippen LogP contribution in [-0.2, 0) is 0 Å². The molecular formula is C11H20O2. The molecule has 2 nitrogen and oxygen atoms in total. The van der Waals surface area contributed by atoms with E-state index in [1.807, 2.05) is 0 Å². The van der Waals surface area contributed by atoms with Crippen molar-refractivity contribution in [2.75, 3.05) is 6.61 Å². The van der Waals surface area contributed by atoms with Crippen LogP contribution in [0.3, 0.4) is 0 Å². The molecule has 2 N–H and O–H groups in total. The topological polar surface area (TPSA) is 40.5 Å². The molecule has 0 heterocycles. The first-order valence-corrected chi connectivity index (χ1v) is 5.62. The van der Waals surface area contributed by atoms with Crippen LogP contribution in [0.1, 0.15) is 38.5 Å². The molecule has 4 unspecified atom stereocenters. The summed E-state index contributed by atoms with van der Waals surface area (Å²) in [6.45, 7) is 0.327. The van der Waals surface area contributed by atoms with E-state index < -0.39 is 0 Å². The van der Waals surface area contributed by atoms with Crippen LogP contribution in [0.2, 0.25) is 0 Å². The second-order valence-electron chi connectivity index (χ2n) is 4.70. The summed E-state index contributed by atoms with van der Waals surface area (Å²) in [5.41, 5.74) is 0. The van der Waals surface area contributed by atoms with E-state index in [1.165, 1.54) is 25.7 Å². The van der Waals surface area contributed by atoms with Gasteiger partial charge in [0.15, 0.2) is 0 Å². The lowest BCUT2D eigenvalue weighted by atomic mass is 9.64. The molecule has 4 atom stereocenters. The monoisotopic (exact) mass is 184 g/mol. The Morgan fingerprint density at radius 2 is 1.62 bits per heavy atom. The Kier molecular flexibility index (Phi) is 2.89. The van der Waals surface area contributed by atoms with Crippen LogP contribution in [0.5, 0.6) is 0 Å². The lowest BCUT2D eigenvalue weighted by molar-refractivity contribution is -0.0344. The number of aliphatic hydroxyl groups excluding tert-OH is 2. The predicted molar refractivity (Wildman–Crippen MR) is 51.3 cm³/mol. The number of hydrogen-bond acceptors (Lipinski definition) is 2. The summed E-state index contributed by atoms with van der Waals surface area (Å²) in [4.78, 5) is 0. The Bertz CT molecular complexity index is 169. The van der Waals surface area contributed by atoms with Gasteiger partial charge in [-0.15, -0.1) is 0 Å². The Morgan fingerprint density at radius 1 is 0.923 bits per heavy atom. The maximum Gasteiger partial charge on any atom is 0.0571 e. The van der Waals surface area contributed by atoms with Crippen molar-refractivity contribution < 1.29 is 10.2 Å². The minimum atomic E-state index is -0.0758. The summed E-state index contributed by atoms with van der Waals surface area (Å²) < 4.78 is 0. The first-order valence-electron chi connectivity index (χ1n) is 5.62. The number of rotatable bonds is 1.